The van der Waals surface area contributed by atoms with E-state index in [0.29, 0.717) is 11.5 Å². The molecule has 1 unspecified atom stereocenters. The van der Waals surface area contributed by atoms with Crippen LogP contribution in [0, 0.1) is 5.41 Å². The molecule has 0 aromatic heterocycles. The fourth-order valence-corrected chi connectivity index (χ4v) is 1.88. The summed E-state index contributed by atoms with van der Waals surface area (Å²) < 4.78 is 0. The van der Waals surface area contributed by atoms with Crippen LogP contribution in [-0.4, -0.2) is 38.6 Å². The lowest BCUT2D eigenvalue weighted by Crippen LogP contribution is -2.36. The summed E-state index contributed by atoms with van der Waals surface area (Å²) >= 11 is 0. The molecule has 1 N–H and O–H groups in total. The van der Waals surface area contributed by atoms with Gasteiger partial charge in [0.15, 0.2) is 0 Å². The van der Waals surface area contributed by atoms with E-state index >= 15 is 0 Å². The van der Waals surface area contributed by atoms with E-state index in [1.54, 1.807) is 0 Å². The molecule has 0 spiro atoms. The molecule has 0 heterocycles. The molecule has 0 aromatic carbocycles. The highest BCUT2D eigenvalue weighted by atomic mass is 15.1. The molecule has 0 aromatic rings. The van der Waals surface area contributed by atoms with Gasteiger partial charge in [-0.05, 0) is 39.4 Å². The predicted molar refractivity (Wildman–Crippen MR) is 60.1 cm³/mol. The van der Waals surface area contributed by atoms with E-state index in [9.17, 15) is 0 Å². The van der Waals surface area contributed by atoms with Crippen LogP contribution in [0.1, 0.15) is 33.6 Å². The Balaban J connectivity index is 4.05. The van der Waals surface area contributed by atoms with Crippen LogP contribution in [0.2, 0.25) is 0 Å². The largest absolute Gasteiger partial charge is 0.319 e. The van der Waals surface area contributed by atoms with Crippen molar-refractivity contribution in [2.45, 2.75) is 39.7 Å². The van der Waals surface area contributed by atoms with Crippen LogP contribution in [-0.2, 0) is 0 Å². The van der Waals surface area contributed by atoms with E-state index in [1.165, 1.54) is 12.8 Å². The monoisotopic (exact) mass is 186 g/mol. The third-order valence-electron chi connectivity index (χ3n) is 2.65. The van der Waals surface area contributed by atoms with Gasteiger partial charge in [0.05, 0.1) is 0 Å². The van der Waals surface area contributed by atoms with Gasteiger partial charge in [0, 0.05) is 12.6 Å². The number of nitrogens with one attached hydrogen (secondary N) is 1. The second kappa shape index (κ2) is 5.61. The first kappa shape index (κ1) is 12.9. The average Bonchev–Trinajstić information content (AvgIpc) is 1.99. The molecule has 0 aliphatic carbocycles. The first-order chi connectivity index (χ1) is 5.93. The van der Waals surface area contributed by atoms with Gasteiger partial charge in [-0.2, -0.15) is 0 Å². The van der Waals surface area contributed by atoms with Crippen LogP contribution in [0.4, 0.5) is 0 Å². The molecular formula is C11H26N2. The molecule has 80 valence electrons. The van der Waals surface area contributed by atoms with Crippen LogP contribution in [0.25, 0.3) is 0 Å². The molecule has 0 rings (SSSR count). The van der Waals surface area contributed by atoms with Gasteiger partial charge in [0.2, 0.25) is 0 Å². The van der Waals surface area contributed by atoms with Crippen LogP contribution in [0.3, 0.4) is 0 Å². The molecule has 2 nitrogen and oxygen atoms in total. The molecule has 0 bridgehead atoms. The second-order valence-electron chi connectivity index (χ2n) is 4.92. The zero-order chi connectivity index (χ0) is 10.5. The third-order valence-corrected chi connectivity index (χ3v) is 2.65. The van der Waals surface area contributed by atoms with E-state index in [0.717, 1.165) is 6.54 Å². The Morgan fingerprint density at radius 3 is 2.15 bits per heavy atom. The molecule has 0 fully saturated rings. The highest BCUT2D eigenvalue weighted by Gasteiger charge is 2.22. The normalized spacial score (nSPS) is 15.0. The Bertz CT molecular complexity index is 130. The average molecular weight is 186 g/mol. The molecule has 0 aliphatic heterocycles. The van der Waals surface area contributed by atoms with Gasteiger partial charge in [0.1, 0.15) is 0 Å². The lowest BCUT2D eigenvalue weighted by molar-refractivity contribution is 0.190. The first-order valence-electron chi connectivity index (χ1n) is 5.24. The minimum Gasteiger partial charge on any atom is -0.319 e. The van der Waals surface area contributed by atoms with Crippen molar-refractivity contribution >= 4 is 0 Å². The maximum absolute atomic E-state index is 3.26. The third kappa shape index (κ3) is 5.27. The molecular weight excluding hydrogens is 160 g/mol. The minimum atomic E-state index is 0.402. The van der Waals surface area contributed by atoms with Gasteiger partial charge in [-0.3, -0.25) is 0 Å². The van der Waals surface area contributed by atoms with Crippen LogP contribution in [0.5, 0.6) is 0 Å². The number of rotatable bonds is 6. The maximum Gasteiger partial charge on any atom is 0.00921 e. The molecule has 1 atom stereocenters. The summed E-state index contributed by atoms with van der Waals surface area (Å²) in [4.78, 5) is 2.33. The number of hydrogen-bond acceptors (Lipinski definition) is 2. The first-order valence-corrected chi connectivity index (χ1v) is 5.24. The quantitative estimate of drug-likeness (QED) is 0.682. The molecule has 0 saturated heterocycles. The maximum atomic E-state index is 3.26. The van der Waals surface area contributed by atoms with Crippen molar-refractivity contribution in [2.75, 3.05) is 27.7 Å². The zero-order valence-corrected chi connectivity index (χ0v) is 10.1. The number of hydrogen-bond donors (Lipinski definition) is 1. The van der Waals surface area contributed by atoms with Crippen LogP contribution >= 0.6 is 0 Å². The lowest BCUT2D eigenvalue weighted by atomic mass is 9.84. The summed E-state index contributed by atoms with van der Waals surface area (Å²) in [7, 11) is 6.37. The van der Waals surface area contributed by atoms with Crippen molar-refractivity contribution in [3.63, 3.8) is 0 Å². The molecule has 0 amide bonds. The Kier molecular flexibility index (Phi) is 5.57. The molecule has 2 heteroatoms. The van der Waals surface area contributed by atoms with Crippen molar-refractivity contribution < 1.29 is 0 Å². The Hall–Kier alpha value is -0.0800. The highest BCUT2D eigenvalue weighted by Crippen LogP contribution is 2.24. The summed E-state index contributed by atoms with van der Waals surface area (Å²) in [6.07, 6.45) is 2.50. The second-order valence-corrected chi connectivity index (χ2v) is 4.92. The van der Waals surface area contributed by atoms with Crippen LogP contribution in [0.15, 0.2) is 0 Å². The van der Waals surface area contributed by atoms with Crippen molar-refractivity contribution in [2.24, 2.45) is 5.41 Å². The smallest absolute Gasteiger partial charge is 0.00921 e. The zero-order valence-electron chi connectivity index (χ0n) is 10.1. The lowest BCUT2D eigenvalue weighted by Gasteiger charge is -2.32. The Labute approximate surface area is 83.7 Å². The summed E-state index contributed by atoms with van der Waals surface area (Å²) in [5.41, 5.74) is 0.402. The predicted octanol–water partition coefficient (Wildman–Crippen LogP) is 1.96. The molecule has 0 aliphatic rings. The fourth-order valence-electron chi connectivity index (χ4n) is 1.88. The Morgan fingerprint density at radius 2 is 1.85 bits per heavy atom. The summed E-state index contributed by atoms with van der Waals surface area (Å²) in [6.45, 7) is 8.02. The van der Waals surface area contributed by atoms with Crippen molar-refractivity contribution in [1.29, 1.82) is 0 Å². The van der Waals surface area contributed by atoms with Gasteiger partial charge in [-0.1, -0.05) is 20.8 Å². The van der Waals surface area contributed by atoms with Gasteiger partial charge in [0.25, 0.3) is 0 Å². The summed E-state index contributed by atoms with van der Waals surface area (Å²) in [5, 5.41) is 3.26. The van der Waals surface area contributed by atoms with E-state index < -0.39 is 0 Å². The summed E-state index contributed by atoms with van der Waals surface area (Å²) in [6, 6.07) is 0.711. The van der Waals surface area contributed by atoms with Crippen LogP contribution < -0.4 is 5.32 Å². The molecule has 13 heavy (non-hydrogen) atoms. The van der Waals surface area contributed by atoms with Gasteiger partial charge in [-0.25, -0.2) is 0 Å². The van der Waals surface area contributed by atoms with E-state index in [1.807, 2.05) is 7.05 Å². The van der Waals surface area contributed by atoms with E-state index in [-0.39, 0.29) is 0 Å². The minimum absolute atomic E-state index is 0.402. The van der Waals surface area contributed by atoms with E-state index in [2.05, 4.69) is 45.1 Å². The van der Waals surface area contributed by atoms with Crippen molar-refractivity contribution in [1.82, 2.24) is 10.2 Å². The standard InChI is InChI=1S/C11H26N2/c1-7-10(13(5)6)8-11(2,3)9-12-4/h10,12H,7-9H2,1-6H3. The Morgan fingerprint density at radius 1 is 1.31 bits per heavy atom. The van der Waals surface area contributed by atoms with Gasteiger partial charge in [-0.15, -0.1) is 0 Å². The van der Waals surface area contributed by atoms with Crippen molar-refractivity contribution in [3.05, 3.63) is 0 Å². The van der Waals surface area contributed by atoms with Crippen molar-refractivity contribution in [3.8, 4) is 0 Å². The number of nitrogens with zero attached hydrogens (tertiary/aromatic N) is 1. The van der Waals surface area contributed by atoms with Gasteiger partial charge < -0.3 is 10.2 Å². The molecule has 0 radical (unpaired) electrons. The fraction of sp³-hybridized carbons (Fsp3) is 1.00. The topological polar surface area (TPSA) is 15.3 Å². The highest BCUT2D eigenvalue weighted by molar-refractivity contribution is 4.78. The van der Waals surface area contributed by atoms with E-state index in [4.69, 9.17) is 0 Å². The SMILES string of the molecule is CCC(CC(C)(C)CNC)N(C)C. The molecule has 0 saturated carbocycles. The van der Waals surface area contributed by atoms with Gasteiger partial charge >= 0.3 is 0 Å². The summed E-state index contributed by atoms with van der Waals surface area (Å²) in [5.74, 6) is 0.